The molecule has 0 saturated carbocycles. The molecule has 0 aromatic carbocycles. The van der Waals surface area contributed by atoms with Crippen LogP contribution in [0.2, 0.25) is 0 Å². The lowest BCUT2D eigenvalue weighted by Gasteiger charge is -2.41. The van der Waals surface area contributed by atoms with Gasteiger partial charge in [-0.2, -0.15) is 0 Å². The average Bonchev–Trinajstić information content (AvgIpc) is 2.89. The first-order valence-electron chi connectivity index (χ1n) is 9.09. The number of ether oxygens (including phenoxy) is 1. The van der Waals surface area contributed by atoms with Crippen molar-refractivity contribution in [3.8, 4) is 0 Å². The minimum atomic E-state index is 0.153. The van der Waals surface area contributed by atoms with Crippen LogP contribution in [-0.4, -0.2) is 60.2 Å². The van der Waals surface area contributed by atoms with Crippen molar-refractivity contribution in [3.63, 3.8) is 0 Å². The fourth-order valence-corrected chi connectivity index (χ4v) is 4.11. The fraction of sp³-hybridized carbons (Fsp3) is 0.722. The molecule has 3 rings (SSSR count). The van der Waals surface area contributed by atoms with Crippen LogP contribution < -0.4 is 4.90 Å². The molecule has 0 radical (unpaired) electrons. The Bertz CT molecular complexity index is 517. The molecule has 0 bridgehead atoms. The molecule has 0 aliphatic carbocycles. The third-order valence-corrected chi connectivity index (χ3v) is 5.34. The molecule has 132 valence electrons. The molecular weight excluding hydrogens is 304 g/mol. The highest BCUT2D eigenvalue weighted by molar-refractivity contribution is 5.77. The zero-order chi connectivity index (χ0) is 16.8. The smallest absolute Gasteiger partial charge is 0.248 e. The lowest BCUT2D eigenvalue weighted by atomic mass is 9.86. The highest BCUT2D eigenvalue weighted by Crippen LogP contribution is 2.31. The molecule has 2 saturated heterocycles. The Hall–Kier alpha value is -1.69. The second-order valence-corrected chi connectivity index (χ2v) is 6.82. The molecule has 6 nitrogen and oxygen atoms in total. The van der Waals surface area contributed by atoms with E-state index in [9.17, 15) is 4.79 Å². The van der Waals surface area contributed by atoms with Crippen molar-refractivity contribution in [1.29, 1.82) is 0 Å². The van der Waals surface area contributed by atoms with Gasteiger partial charge in [0.15, 0.2) is 0 Å². The summed E-state index contributed by atoms with van der Waals surface area (Å²) in [5, 5.41) is 0. The van der Waals surface area contributed by atoms with Gasteiger partial charge in [0.1, 0.15) is 12.4 Å². The largest absolute Gasteiger partial charge is 0.375 e. The highest BCUT2D eigenvalue weighted by Gasteiger charge is 2.34. The monoisotopic (exact) mass is 332 g/mol. The maximum absolute atomic E-state index is 12.5. The SMILES string of the molecule is COCC(=O)N1CCCCCC1C1CCN(c2cnccn2)CC1. The molecule has 2 fully saturated rings. The number of nitrogens with zero attached hydrogens (tertiary/aromatic N) is 4. The molecule has 1 atom stereocenters. The maximum atomic E-state index is 12.5. The van der Waals surface area contributed by atoms with Crippen molar-refractivity contribution in [2.24, 2.45) is 5.92 Å². The molecule has 1 amide bonds. The van der Waals surface area contributed by atoms with Gasteiger partial charge in [-0.25, -0.2) is 4.98 Å². The summed E-state index contributed by atoms with van der Waals surface area (Å²) in [7, 11) is 1.60. The van der Waals surface area contributed by atoms with Crippen molar-refractivity contribution in [2.75, 3.05) is 38.3 Å². The number of likely N-dealkylation sites (tertiary alicyclic amines) is 1. The Kier molecular flexibility index (Phi) is 6.01. The number of piperidine rings is 1. The van der Waals surface area contributed by atoms with Gasteiger partial charge in [0.2, 0.25) is 5.91 Å². The van der Waals surface area contributed by atoms with Crippen LogP contribution in [0.25, 0.3) is 0 Å². The summed E-state index contributed by atoms with van der Waals surface area (Å²) < 4.78 is 5.09. The Balaban J connectivity index is 1.63. The van der Waals surface area contributed by atoms with Crippen molar-refractivity contribution < 1.29 is 9.53 Å². The van der Waals surface area contributed by atoms with Crippen molar-refractivity contribution in [1.82, 2.24) is 14.9 Å². The van der Waals surface area contributed by atoms with Crippen molar-refractivity contribution >= 4 is 11.7 Å². The van der Waals surface area contributed by atoms with Gasteiger partial charge in [0, 0.05) is 45.2 Å². The summed E-state index contributed by atoms with van der Waals surface area (Å²) in [6, 6.07) is 0.374. The van der Waals surface area contributed by atoms with Crippen LogP contribution in [0, 0.1) is 5.92 Å². The van der Waals surface area contributed by atoms with Crippen LogP contribution in [0.3, 0.4) is 0 Å². The van der Waals surface area contributed by atoms with Gasteiger partial charge < -0.3 is 14.5 Å². The number of carbonyl (C=O) groups is 1. The van der Waals surface area contributed by atoms with Gasteiger partial charge in [0.05, 0.1) is 6.20 Å². The van der Waals surface area contributed by atoms with E-state index in [0.717, 1.165) is 51.1 Å². The zero-order valence-corrected chi connectivity index (χ0v) is 14.6. The molecule has 0 N–H and O–H groups in total. The predicted molar refractivity (Wildman–Crippen MR) is 92.8 cm³/mol. The Morgan fingerprint density at radius 2 is 2.00 bits per heavy atom. The van der Waals surface area contributed by atoms with Crippen LogP contribution in [0.1, 0.15) is 38.5 Å². The number of methoxy groups -OCH3 is 1. The van der Waals surface area contributed by atoms with Gasteiger partial charge in [-0.3, -0.25) is 9.78 Å². The Morgan fingerprint density at radius 1 is 1.17 bits per heavy atom. The van der Waals surface area contributed by atoms with E-state index in [4.69, 9.17) is 4.74 Å². The first kappa shape index (κ1) is 17.1. The third-order valence-electron chi connectivity index (χ3n) is 5.34. The predicted octanol–water partition coefficient (Wildman–Crippen LogP) is 2.11. The second-order valence-electron chi connectivity index (χ2n) is 6.82. The lowest BCUT2D eigenvalue weighted by molar-refractivity contribution is -0.138. The lowest BCUT2D eigenvalue weighted by Crippen LogP contribution is -2.49. The van der Waals surface area contributed by atoms with Gasteiger partial charge >= 0.3 is 0 Å². The van der Waals surface area contributed by atoms with E-state index in [0.29, 0.717) is 12.0 Å². The van der Waals surface area contributed by atoms with E-state index in [1.807, 2.05) is 6.20 Å². The summed E-state index contributed by atoms with van der Waals surface area (Å²) in [4.78, 5) is 25.5. The molecule has 2 aliphatic rings. The minimum absolute atomic E-state index is 0.153. The third kappa shape index (κ3) is 4.04. The van der Waals surface area contributed by atoms with E-state index in [1.54, 1.807) is 19.5 Å². The number of carbonyl (C=O) groups excluding carboxylic acids is 1. The van der Waals surface area contributed by atoms with Crippen LogP contribution in [-0.2, 0) is 9.53 Å². The number of rotatable bonds is 4. The fourth-order valence-electron chi connectivity index (χ4n) is 4.11. The van der Waals surface area contributed by atoms with Crippen LogP contribution in [0.4, 0.5) is 5.82 Å². The van der Waals surface area contributed by atoms with Gasteiger partial charge in [-0.05, 0) is 31.6 Å². The van der Waals surface area contributed by atoms with Crippen LogP contribution in [0.5, 0.6) is 0 Å². The van der Waals surface area contributed by atoms with E-state index >= 15 is 0 Å². The number of hydrogen-bond acceptors (Lipinski definition) is 5. The van der Waals surface area contributed by atoms with Gasteiger partial charge in [0.25, 0.3) is 0 Å². The minimum Gasteiger partial charge on any atom is -0.375 e. The summed E-state index contributed by atoms with van der Waals surface area (Å²) in [6.45, 7) is 3.07. The molecule has 1 aromatic heterocycles. The average molecular weight is 332 g/mol. The number of aromatic nitrogens is 2. The normalized spacial score (nSPS) is 23.1. The summed E-state index contributed by atoms with van der Waals surface area (Å²) in [5.74, 6) is 1.70. The quantitative estimate of drug-likeness (QED) is 0.845. The van der Waals surface area contributed by atoms with E-state index in [1.165, 1.54) is 12.8 Å². The topological polar surface area (TPSA) is 58.6 Å². The second kappa shape index (κ2) is 8.42. The Morgan fingerprint density at radius 3 is 2.71 bits per heavy atom. The molecule has 1 aromatic rings. The maximum Gasteiger partial charge on any atom is 0.248 e. The van der Waals surface area contributed by atoms with Gasteiger partial charge in [-0.15, -0.1) is 0 Å². The number of hydrogen-bond donors (Lipinski definition) is 0. The molecule has 3 heterocycles. The summed E-state index contributed by atoms with van der Waals surface area (Å²) in [5.41, 5.74) is 0. The van der Waals surface area contributed by atoms with E-state index in [2.05, 4.69) is 19.8 Å². The Labute approximate surface area is 144 Å². The van der Waals surface area contributed by atoms with Crippen LogP contribution >= 0.6 is 0 Å². The molecule has 24 heavy (non-hydrogen) atoms. The molecule has 1 unspecified atom stereocenters. The van der Waals surface area contributed by atoms with Crippen molar-refractivity contribution in [3.05, 3.63) is 18.6 Å². The standard InChI is InChI=1S/C18H28N4O2/c1-24-14-18(23)22-10-4-2-3-5-16(22)15-6-11-21(12-7-15)17-13-19-8-9-20-17/h8-9,13,15-16H,2-7,10-12,14H2,1H3. The van der Waals surface area contributed by atoms with Gasteiger partial charge in [-0.1, -0.05) is 12.8 Å². The molecule has 6 heteroatoms. The van der Waals surface area contributed by atoms with Crippen molar-refractivity contribution in [2.45, 2.75) is 44.6 Å². The molecule has 2 aliphatic heterocycles. The van der Waals surface area contributed by atoms with Crippen LogP contribution in [0.15, 0.2) is 18.6 Å². The summed E-state index contributed by atoms with van der Waals surface area (Å²) in [6.07, 6.45) is 12.2. The molecular formula is C18H28N4O2. The van der Waals surface area contributed by atoms with E-state index < -0.39 is 0 Å². The van der Waals surface area contributed by atoms with E-state index in [-0.39, 0.29) is 12.5 Å². The highest BCUT2D eigenvalue weighted by atomic mass is 16.5. The summed E-state index contributed by atoms with van der Waals surface area (Å²) >= 11 is 0. The first-order chi connectivity index (χ1) is 11.8. The number of amides is 1. The zero-order valence-electron chi connectivity index (χ0n) is 14.6. The number of anilines is 1. The first-order valence-corrected chi connectivity index (χ1v) is 9.09. The molecule has 0 spiro atoms.